The number of unbranched alkanes of at least 4 members (excludes halogenated alkanes) is 3. The Hall–Kier alpha value is -0.380. The van der Waals surface area contributed by atoms with Crippen molar-refractivity contribution < 1.29 is 9.47 Å². The second-order valence-electron chi connectivity index (χ2n) is 5.64. The number of ether oxygens (including phenoxy) is 2. The molecule has 0 aromatic carbocycles. The summed E-state index contributed by atoms with van der Waals surface area (Å²) in [6.45, 7) is 5.82. The monoisotopic (exact) mass is 282 g/mol. The van der Waals surface area contributed by atoms with Gasteiger partial charge in [0.15, 0.2) is 0 Å². The molecule has 3 heteroatoms. The Kier molecular flexibility index (Phi) is 6.35. The summed E-state index contributed by atoms with van der Waals surface area (Å²) in [5.41, 5.74) is 0.346. The molecule has 2 rings (SSSR count). The lowest BCUT2D eigenvalue weighted by atomic mass is 9.84. The third-order valence-electron chi connectivity index (χ3n) is 4.02. The molecule has 1 saturated heterocycles. The van der Waals surface area contributed by atoms with Crippen LogP contribution in [-0.2, 0) is 15.9 Å². The molecule has 1 aromatic heterocycles. The van der Waals surface area contributed by atoms with Gasteiger partial charge in [-0.25, -0.2) is 0 Å². The molecule has 108 valence electrons. The van der Waals surface area contributed by atoms with E-state index in [1.54, 1.807) is 0 Å². The number of hydrogen-bond acceptors (Lipinski definition) is 3. The molecule has 1 aliphatic heterocycles. The third-order valence-corrected chi connectivity index (χ3v) is 4.95. The largest absolute Gasteiger partial charge is 0.381 e. The van der Waals surface area contributed by atoms with E-state index in [1.807, 2.05) is 11.3 Å². The molecule has 0 atom stereocenters. The van der Waals surface area contributed by atoms with Gasteiger partial charge in [0.1, 0.15) is 0 Å². The normalized spacial score (nSPS) is 17.3. The molecule has 0 aliphatic carbocycles. The zero-order chi connectivity index (χ0) is 13.4. The van der Waals surface area contributed by atoms with Crippen molar-refractivity contribution in [3.8, 4) is 0 Å². The van der Waals surface area contributed by atoms with E-state index in [-0.39, 0.29) is 0 Å². The number of hydrogen-bond donors (Lipinski definition) is 0. The zero-order valence-electron chi connectivity index (χ0n) is 12.0. The van der Waals surface area contributed by atoms with Crippen LogP contribution in [0.25, 0.3) is 0 Å². The number of rotatable bonds is 10. The summed E-state index contributed by atoms with van der Waals surface area (Å²) in [7, 11) is 0. The van der Waals surface area contributed by atoms with Crippen molar-refractivity contribution in [2.24, 2.45) is 5.41 Å². The van der Waals surface area contributed by atoms with Crippen LogP contribution in [0.2, 0.25) is 0 Å². The zero-order valence-corrected chi connectivity index (χ0v) is 12.8. The lowest BCUT2D eigenvalue weighted by Crippen LogP contribution is -2.45. The minimum Gasteiger partial charge on any atom is -0.381 e. The number of thiophene rings is 1. The average molecular weight is 282 g/mol. The van der Waals surface area contributed by atoms with Gasteiger partial charge in [0.2, 0.25) is 0 Å². The maximum Gasteiger partial charge on any atom is 0.0566 e. The van der Waals surface area contributed by atoms with E-state index in [0.29, 0.717) is 5.41 Å². The first-order valence-electron chi connectivity index (χ1n) is 7.52. The summed E-state index contributed by atoms with van der Waals surface area (Å²) in [5.74, 6) is 0. The Morgan fingerprint density at radius 2 is 2.11 bits per heavy atom. The lowest BCUT2D eigenvalue weighted by molar-refractivity contribution is -0.150. The summed E-state index contributed by atoms with van der Waals surface area (Å²) >= 11 is 1.87. The average Bonchev–Trinajstić information content (AvgIpc) is 2.88. The van der Waals surface area contributed by atoms with Gasteiger partial charge >= 0.3 is 0 Å². The van der Waals surface area contributed by atoms with Gasteiger partial charge in [-0.3, -0.25) is 0 Å². The Morgan fingerprint density at radius 3 is 2.74 bits per heavy atom. The first-order valence-corrected chi connectivity index (χ1v) is 8.40. The predicted octanol–water partition coefficient (Wildman–Crippen LogP) is 4.29. The summed E-state index contributed by atoms with van der Waals surface area (Å²) in [6, 6.07) is 4.38. The summed E-state index contributed by atoms with van der Waals surface area (Å²) in [5, 5.41) is 2.16. The van der Waals surface area contributed by atoms with Gasteiger partial charge in [-0.2, -0.15) is 0 Å². The van der Waals surface area contributed by atoms with Crippen molar-refractivity contribution in [2.45, 2.75) is 45.4 Å². The second kappa shape index (κ2) is 8.03. The Balaban J connectivity index is 1.40. The highest BCUT2D eigenvalue weighted by atomic mass is 32.1. The van der Waals surface area contributed by atoms with Crippen LogP contribution in [0.15, 0.2) is 17.5 Å². The molecule has 0 unspecified atom stereocenters. The van der Waals surface area contributed by atoms with Crippen LogP contribution < -0.4 is 0 Å². The molecule has 1 aliphatic rings. The van der Waals surface area contributed by atoms with Gasteiger partial charge in [0, 0.05) is 16.9 Å². The van der Waals surface area contributed by atoms with Gasteiger partial charge in [0.25, 0.3) is 0 Å². The molecule has 0 amide bonds. The molecule has 0 bridgehead atoms. The summed E-state index contributed by atoms with van der Waals surface area (Å²) < 4.78 is 11.1. The fraction of sp³-hybridized carbons (Fsp3) is 0.750. The van der Waals surface area contributed by atoms with Crippen LogP contribution in [0.5, 0.6) is 0 Å². The first kappa shape index (κ1) is 15.0. The van der Waals surface area contributed by atoms with Gasteiger partial charge < -0.3 is 9.47 Å². The standard InChI is InChI=1S/C16H26O2S/c1-2-16(13-18-14-16)12-17-10-6-4-3-5-8-15-9-7-11-19-15/h7,9,11H,2-6,8,10,12-14H2,1H3. The van der Waals surface area contributed by atoms with E-state index in [2.05, 4.69) is 24.4 Å². The van der Waals surface area contributed by atoms with Crippen LogP contribution in [0.1, 0.15) is 43.9 Å². The lowest BCUT2D eigenvalue weighted by Gasteiger charge is -2.40. The molecule has 0 N–H and O–H groups in total. The highest BCUT2D eigenvalue weighted by Gasteiger charge is 2.36. The van der Waals surface area contributed by atoms with Gasteiger partial charge in [0.05, 0.1) is 19.8 Å². The maximum absolute atomic E-state index is 5.81. The molecule has 2 heterocycles. The molecule has 1 aromatic rings. The molecule has 0 saturated carbocycles. The Morgan fingerprint density at radius 1 is 1.26 bits per heavy atom. The van der Waals surface area contributed by atoms with Crippen LogP contribution in [-0.4, -0.2) is 26.4 Å². The highest BCUT2D eigenvalue weighted by Crippen LogP contribution is 2.31. The van der Waals surface area contributed by atoms with Crippen molar-refractivity contribution in [2.75, 3.05) is 26.4 Å². The number of aryl methyl sites for hydroxylation is 1. The minimum atomic E-state index is 0.346. The van der Waals surface area contributed by atoms with E-state index < -0.39 is 0 Å². The molecule has 1 fully saturated rings. The van der Waals surface area contributed by atoms with Crippen LogP contribution in [0, 0.1) is 5.41 Å². The van der Waals surface area contributed by atoms with Crippen molar-refractivity contribution in [3.63, 3.8) is 0 Å². The van der Waals surface area contributed by atoms with E-state index in [1.165, 1.54) is 43.4 Å². The SMILES string of the molecule is CCC1(COCCCCCCc2cccs2)COC1. The van der Waals surface area contributed by atoms with Gasteiger partial charge in [-0.1, -0.05) is 25.8 Å². The molecule has 19 heavy (non-hydrogen) atoms. The Labute approximate surface area is 121 Å². The first-order chi connectivity index (χ1) is 9.35. The molecular weight excluding hydrogens is 256 g/mol. The van der Waals surface area contributed by atoms with Gasteiger partial charge in [-0.05, 0) is 37.1 Å². The Bertz CT molecular complexity index is 325. The van der Waals surface area contributed by atoms with Crippen LogP contribution in [0.3, 0.4) is 0 Å². The van der Waals surface area contributed by atoms with Gasteiger partial charge in [-0.15, -0.1) is 11.3 Å². The van der Waals surface area contributed by atoms with Crippen molar-refractivity contribution in [1.29, 1.82) is 0 Å². The fourth-order valence-electron chi connectivity index (χ4n) is 2.38. The van der Waals surface area contributed by atoms with Crippen LogP contribution >= 0.6 is 11.3 Å². The molecule has 2 nitrogen and oxygen atoms in total. The summed E-state index contributed by atoms with van der Waals surface area (Å²) in [4.78, 5) is 1.52. The molecular formula is C16H26O2S. The van der Waals surface area contributed by atoms with E-state index >= 15 is 0 Å². The van der Waals surface area contributed by atoms with E-state index in [4.69, 9.17) is 9.47 Å². The smallest absolute Gasteiger partial charge is 0.0566 e. The van der Waals surface area contributed by atoms with Crippen molar-refractivity contribution >= 4 is 11.3 Å². The van der Waals surface area contributed by atoms with Crippen molar-refractivity contribution in [1.82, 2.24) is 0 Å². The molecule has 0 spiro atoms. The predicted molar refractivity (Wildman–Crippen MR) is 80.9 cm³/mol. The summed E-state index contributed by atoms with van der Waals surface area (Å²) in [6.07, 6.45) is 7.55. The maximum atomic E-state index is 5.81. The quantitative estimate of drug-likeness (QED) is 0.596. The topological polar surface area (TPSA) is 18.5 Å². The van der Waals surface area contributed by atoms with E-state index in [9.17, 15) is 0 Å². The fourth-order valence-corrected chi connectivity index (χ4v) is 3.13. The van der Waals surface area contributed by atoms with E-state index in [0.717, 1.165) is 26.4 Å². The minimum absolute atomic E-state index is 0.346. The second-order valence-corrected chi connectivity index (χ2v) is 6.67. The highest BCUT2D eigenvalue weighted by molar-refractivity contribution is 7.09. The van der Waals surface area contributed by atoms with Crippen LogP contribution in [0.4, 0.5) is 0 Å². The van der Waals surface area contributed by atoms with Crippen molar-refractivity contribution in [3.05, 3.63) is 22.4 Å². The third kappa shape index (κ3) is 4.90. The molecule has 0 radical (unpaired) electrons.